The lowest BCUT2D eigenvalue weighted by atomic mass is 10.1. The highest BCUT2D eigenvalue weighted by molar-refractivity contribution is 5.86. The molecule has 3 rings (SSSR count). The molecule has 0 unspecified atom stereocenters. The van der Waals surface area contributed by atoms with Gasteiger partial charge in [-0.15, -0.1) is 0 Å². The molecule has 36 heavy (non-hydrogen) atoms. The first-order chi connectivity index (χ1) is 17.5. The second kappa shape index (κ2) is 14.1. The first-order valence-electron chi connectivity index (χ1n) is 13.0. The Morgan fingerprint density at radius 2 is 1.42 bits per heavy atom. The molecule has 0 saturated heterocycles. The standard InChI is InChI=1S/C32H36FNO2/c1-3-5-7-8-22-34(24-28-18-21-31(33)30(23-28)32(35)36)29-19-16-27(17-20-29)15-14-26-12-10-25(11-13-26)9-6-4-2/h10-13,16-21,23H,3-9,22,24H2,1-2H3,(H,35,36)/p-1. The highest BCUT2D eigenvalue weighted by atomic mass is 19.1. The molecule has 0 fully saturated rings. The molecule has 0 aliphatic carbocycles. The van der Waals surface area contributed by atoms with Crippen LogP contribution < -0.4 is 10.0 Å². The topological polar surface area (TPSA) is 43.4 Å². The molecule has 0 spiro atoms. The van der Waals surface area contributed by atoms with Gasteiger partial charge in [-0.05, 0) is 78.9 Å². The summed E-state index contributed by atoms with van der Waals surface area (Å²) in [6.45, 7) is 5.69. The third-order valence-corrected chi connectivity index (χ3v) is 6.26. The predicted octanol–water partition coefficient (Wildman–Crippen LogP) is 6.52. The van der Waals surface area contributed by atoms with E-state index in [1.807, 2.05) is 24.3 Å². The molecule has 3 aromatic rings. The van der Waals surface area contributed by atoms with Crippen LogP contribution in [0.2, 0.25) is 0 Å². The highest BCUT2D eigenvalue weighted by Crippen LogP contribution is 2.21. The number of hydrogen-bond acceptors (Lipinski definition) is 3. The molecule has 3 nitrogen and oxygen atoms in total. The van der Waals surface area contributed by atoms with Crippen molar-refractivity contribution in [3.8, 4) is 11.8 Å². The summed E-state index contributed by atoms with van der Waals surface area (Å²) in [6, 6.07) is 20.8. The first-order valence-corrected chi connectivity index (χ1v) is 13.0. The lowest BCUT2D eigenvalue weighted by Gasteiger charge is -2.25. The Kier molecular flexibility index (Phi) is 10.6. The summed E-state index contributed by atoms with van der Waals surface area (Å²) in [7, 11) is 0. The molecule has 0 aliphatic heterocycles. The van der Waals surface area contributed by atoms with Gasteiger partial charge >= 0.3 is 0 Å². The maximum Gasteiger partial charge on any atom is 0.132 e. The summed E-state index contributed by atoms with van der Waals surface area (Å²) in [4.78, 5) is 13.5. The van der Waals surface area contributed by atoms with E-state index in [0.29, 0.717) is 6.54 Å². The van der Waals surface area contributed by atoms with Crippen LogP contribution in [0.25, 0.3) is 0 Å². The van der Waals surface area contributed by atoms with Gasteiger partial charge in [-0.1, -0.05) is 69.6 Å². The Hall–Kier alpha value is -3.58. The Morgan fingerprint density at radius 1 is 0.806 bits per heavy atom. The SMILES string of the molecule is CCCCCCN(Cc1ccc(F)c(C(=O)[O-])c1)c1ccc(C#Cc2ccc(CCCC)cc2)cc1. The molecule has 0 N–H and O–H groups in total. The quantitative estimate of drug-likeness (QED) is 0.217. The van der Waals surface area contributed by atoms with E-state index in [9.17, 15) is 14.3 Å². The molecular formula is C32H35FNO2-. The summed E-state index contributed by atoms with van der Waals surface area (Å²) in [5, 5.41) is 11.3. The Bertz CT molecular complexity index is 1170. The monoisotopic (exact) mass is 484 g/mol. The fourth-order valence-electron chi connectivity index (χ4n) is 4.11. The Morgan fingerprint density at radius 3 is 2.03 bits per heavy atom. The molecule has 188 valence electrons. The molecule has 4 heteroatoms. The van der Waals surface area contributed by atoms with Gasteiger partial charge in [-0.2, -0.15) is 0 Å². The molecule has 0 bridgehead atoms. The minimum atomic E-state index is -1.50. The smallest absolute Gasteiger partial charge is 0.132 e. The van der Waals surface area contributed by atoms with Crippen LogP contribution in [-0.2, 0) is 13.0 Å². The number of benzene rings is 3. The lowest BCUT2D eigenvalue weighted by molar-refractivity contribution is -0.255. The van der Waals surface area contributed by atoms with Gasteiger partial charge in [0.25, 0.3) is 0 Å². The van der Waals surface area contributed by atoms with Crippen LogP contribution in [0.4, 0.5) is 10.1 Å². The fourth-order valence-corrected chi connectivity index (χ4v) is 4.11. The van der Waals surface area contributed by atoms with Crippen molar-refractivity contribution in [1.82, 2.24) is 0 Å². The second-order valence-electron chi connectivity index (χ2n) is 9.18. The second-order valence-corrected chi connectivity index (χ2v) is 9.18. The fraction of sp³-hybridized carbons (Fsp3) is 0.344. The van der Waals surface area contributed by atoms with E-state index in [1.165, 1.54) is 37.0 Å². The number of unbranched alkanes of at least 4 members (excludes halogenated alkanes) is 4. The molecule has 0 aromatic heterocycles. The van der Waals surface area contributed by atoms with Crippen molar-refractivity contribution < 1.29 is 14.3 Å². The summed E-state index contributed by atoms with van der Waals surface area (Å²) < 4.78 is 13.8. The predicted molar refractivity (Wildman–Crippen MR) is 143 cm³/mol. The van der Waals surface area contributed by atoms with Gasteiger partial charge in [-0.25, -0.2) is 4.39 Å². The van der Waals surface area contributed by atoms with Crippen molar-refractivity contribution in [3.05, 3.63) is 100 Å². The highest BCUT2D eigenvalue weighted by Gasteiger charge is 2.11. The number of rotatable bonds is 12. The normalized spacial score (nSPS) is 10.5. The number of carbonyl (C=O) groups is 1. The summed E-state index contributed by atoms with van der Waals surface area (Å²) in [6.07, 6.45) is 7.98. The van der Waals surface area contributed by atoms with E-state index in [4.69, 9.17) is 0 Å². The Balaban J connectivity index is 1.73. The molecule has 0 amide bonds. The van der Waals surface area contributed by atoms with Gasteiger partial charge in [-0.3, -0.25) is 0 Å². The molecule has 0 aliphatic rings. The maximum atomic E-state index is 13.8. The summed E-state index contributed by atoms with van der Waals surface area (Å²) in [5.41, 5.74) is 4.63. The van der Waals surface area contributed by atoms with Crippen LogP contribution in [0, 0.1) is 17.7 Å². The Labute approximate surface area is 215 Å². The number of anilines is 1. The van der Waals surface area contributed by atoms with Crippen LogP contribution in [0.5, 0.6) is 0 Å². The van der Waals surface area contributed by atoms with Gasteiger partial charge in [0.1, 0.15) is 5.82 Å². The van der Waals surface area contributed by atoms with Gasteiger partial charge in [0.2, 0.25) is 0 Å². The van der Waals surface area contributed by atoms with Crippen molar-refractivity contribution in [2.75, 3.05) is 11.4 Å². The van der Waals surface area contributed by atoms with Crippen LogP contribution in [0.3, 0.4) is 0 Å². The van der Waals surface area contributed by atoms with Crippen LogP contribution >= 0.6 is 0 Å². The van der Waals surface area contributed by atoms with Crippen molar-refractivity contribution in [2.45, 2.75) is 65.3 Å². The summed E-state index contributed by atoms with van der Waals surface area (Å²) in [5.74, 6) is 4.22. The minimum Gasteiger partial charge on any atom is -0.545 e. The van der Waals surface area contributed by atoms with Gasteiger partial charge in [0, 0.05) is 35.5 Å². The van der Waals surface area contributed by atoms with Crippen molar-refractivity contribution in [1.29, 1.82) is 0 Å². The third kappa shape index (κ3) is 8.27. The van der Waals surface area contributed by atoms with Gasteiger partial charge in [0.05, 0.1) is 5.97 Å². The number of aryl methyl sites for hydroxylation is 1. The zero-order valence-corrected chi connectivity index (χ0v) is 21.4. The minimum absolute atomic E-state index is 0.401. The zero-order valence-electron chi connectivity index (χ0n) is 21.4. The molecular weight excluding hydrogens is 449 g/mol. The van der Waals surface area contributed by atoms with E-state index in [0.717, 1.165) is 54.6 Å². The number of carbonyl (C=O) groups excluding carboxylic acids is 1. The third-order valence-electron chi connectivity index (χ3n) is 6.26. The van der Waals surface area contributed by atoms with E-state index in [1.54, 1.807) is 6.07 Å². The number of nitrogens with zero attached hydrogens (tertiary/aromatic N) is 1. The van der Waals surface area contributed by atoms with Crippen molar-refractivity contribution in [3.63, 3.8) is 0 Å². The van der Waals surface area contributed by atoms with Crippen LogP contribution in [0.15, 0.2) is 66.7 Å². The first kappa shape index (κ1) is 27.0. The lowest BCUT2D eigenvalue weighted by Crippen LogP contribution is -2.26. The van der Waals surface area contributed by atoms with E-state index >= 15 is 0 Å². The molecule has 0 heterocycles. The van der Waals surface area contributed by atoms with E-state index < -0.39 is 17.3 Å². The van der Waals surface area contributed by atoms with Crippen molar-refractivity contribution in [2.24, 2.45) is 0 Å². The van der Waals surface area contributed by atoms with Gasteiger partial charge in [0.15, 0.2) is 0 Å². The molecule has 3 aromatic carbocycles. The zero-order chi connectivity index (χ0) is 25.8. The number of carboxylic acid groups (broad SMARTS) is 1. The van der Waals surface area contributed by atoms with Crippen LogP contribution in [-0.4, -0.2) is 12.5 Å². The van der Waals surface area contributed by atoms with Crippen LogP contribution in [0.1, 0.15) is 85.0 Å². The number of halogens is 1. The summed E-state index contributed by atoms with van der Waals surface area (Å²) >= 11 is 0. The van der Waals surface area contributed by atoms with Crippen molar-refractivity contribution >= 4 is 11.7 Å². The number of carboxylic acids is 1. The average molecular weight is 485 g/mol. The van der Waals surface area contributed by atoms with Gasteiger partial charge < -0.3 is 14.8 Å². The number of hydrogen-bond donors (Lipinski definition) is 0. The maximum absolute atomic E-state index is 13.8. The average Bonchev–Trinajstić information content (AvgIpc) is 2.89. The van der Waals surface area contributed by atoms with E-state index in [-0.39, 0.29) is 0 Å². The largest absolute Gasteiger partial charge is 0.545 e. The molecule has 0 saturated carbocycles. The molecule has 0 atom stereocenters. The molecule has 0 radical (unpaired) electrons. The number of aromatic carboxylic acids is 1. The van der Waals surface area contributed by atoms with E-state index in [2.05, 4.69) is 54.9 Å².